The van der Waals surface area contributed by atoms with Crippen LogP contribution in [0.1, 0.15) is 31.8 Å². The highest BCUT2D eigenvalue weighted by atomic mass is 19.2. The fourth-order valence-corrected chi connectivity index (χ4v) is 2.70. The molecule has 0 heterocycles. The summed E-state index contributed by atoms with van der Waals surface area (Å²) >= 11 is 0. The van der Waals surface area contributed by atoms with Crippen LogP contribution in [0, 0.1) is 31.3 Å². The summed E-state index contributed by atoms with van der Waals surface area (Å²) in [4.78, 5) is 24.9. The zero-order valence-electron chi connectivity index (χ0n) is 15.6. The number of carbonyl (C=O) groups excluding carboxylic acids is 2. The van der Waals surface area contributed by atoms with Crippen molar-refractivity contribution in [2.24, 2.45) is 0 Å². The van der Waals surface area contributed by atoms with E-state index in [1.165, 1.54) is 24.3 Å². The molecule has 3 aromatic rings. The molecular weight excluding hydrogens is 381 g/mol. The molecule has 2 N–H and O–H groups in total. The summed E-state index contributed by atoms with van der Waals surface area (Å²) in [7, 11) is 0. The van der Waals surface area contributed by atoms with Crippen molar-refractivity contribution in [3.63, 3.8) is 0 Å². The zero-order valence-corrected chi connectivity index (χ0v) is 15.6. The van der Waals surface area contributed by atoms with Crippen molar-refractivity contribution in [2.75, 3.05) is 10.6 Å². The topological polar surface area (TPSA) is 58.2 Å². The third kappa shape index (κ3) is 4.29. The van der Waals surface area contributed by atoms with Crippen molar-refractivity contribution < 1.29 is 22.8 Å². The minimum absolute atomic E-state index is 0.0581. The van der Waals surface area contributed by atoms with Crippen LogP contribution in [0.15, 0.2) is 54.6 Å². The fraction of sp³-hybridized carbons (Fsp3) is 0.0909. The van der Waals surface area contributed by atoms with E-state index in [4.69, 9.17) is 0 Å². The molecule has 148 valence electrons. The van der Waals surface area contributed by atoms with Gasteiger partial charge in [-0.3, -0.25) is 9.59 Å². The molecule has 0 aromatic heterocycles. The van der Waals surface area contributed by atoms with Crippen molar-refractivity contribution in [3.05, 3.63) is 94.3 Å². The lowest BCUT2D eigenvalue weighted by molar-refractivity contribution is 0.102. The number of halogens is 3. The molecule has 3 aromatic carbocycles. The van der Waals surface area contributed by atoms with E-state index >= 15 is 0 Å². The summed E-state index contributed by atoms with van der Waals surface area (Å²) in [6.07, 6.45) is 0. The van der Waals surface area contributed by atoms with Gasteiger partial charge in [-0.05, 0) is 61.4 Å². The van der Waals surface area contributed by atoms with Crippen LogP contribution in [0.2, 0.25) is 0 Å². The largest absolute Gasteiger partial charge is 0.322 e. The lowest BCUT2D eigenvalue weighted by atomic mass is 10.1. The molecule has 0 aliphatic carbocycles. The SMILES string of the molecule is Cc1cccc(NC(=O)c2cccc(C(=O)Nc3ccc(F)c(F)c3F)c2)c1C. The molecule has 2 amide bonds. The second kappa shape index (κ2) is 8.18. The van der Waals surface area contributed by atoms with Gasteiger partial charge in [0, 0.05) is 16.8 Å². The summed E-state index contributed by atoms with van der Waals surface area (Å²) in [5.41, 5.74) is 2.35. The van der Waals surface area contributed by atoms with Crippen LogP contribution in [0.3, 0.4) is 0 Å². The highest BCUT2D eigenvalue weighted by molar-refractivity contribution is 6.09. The Hall–Kier alpha value is -3.61. The van der Waals surface area contributed by atoms with E-state index in [0.29, 0.717) is 11.8 Å². The Morgan fingerprint density at radius 2 is 1.31 bits per heavy atom. The number of nitrogens with one attached hydrogen (secondary N) is 2. The molecule has 0 spiro atoms. The predicted octanol–water partition coefficient (Wildman–Crippen LogP) is 5.23. The van der Waals surface area contributed by atoms with Gasteiger partial charge in [-0.1, -0.05) is 18.2 Å². The van der Waals surface area contributed by atoms with Crippen LogP contribution in [0.4, 0.5) is 24.5 Å². The Balaban J connectivity index is 1.80. The van der Waals surface area contributed by atoms with E-state index in [2.05, 4.69) is 10.6 Å². The lowest BCUT2D eigenvalue weighted by Crippen LogP contribution is -2.17. The first-order chi connectivity index (χ1) is 13.8. The molecule has 0 fully saturated rings. The second-order valence-electron chi connectivity index (χ2n) is 6.46. The highest BCUT2D eigenvalue weighted by Gasteiger charge is 2.17. The molecule has 0 radical (unpaired) electrons. The van der Waals surface area contributed by atoms with E-state index in [0.717, 1.165) is 17.2 Å². The van der Waals surface area contributed by atoms with Gasteiger partial charge in [0.1, 0.15) is 0 Å². The summed E-state index contributed by atoms with van der Waals surface area (Å²) in [6, 6.07) is 12.9. The minimum Gasteiger partial charge on any atom is -0.322 e. The summed E-state index contributed by atoms with van der Waals surface area (Å²) < 4.78 is 40.1. The molecule has 7 heteroatoms. The number of aryl methyl sites for hydroxylation is 1. The van der Waals surface area contributed by atoms with E-state index in [1.54, 1.807) is 6.07 Å². The van der Waals surface area contributed by atoms with Crippen LogP contribution >= 0.6 is 0 Å². The summed E-state index contributed by atoms with van der Waals surface area (Å²) in [5.74, 6) is -5.72. The quantitative estimate of drug-likeness (QED) is 0.592. The molecule has 0 saturated heterocycles. The molecule has 3 rings (SSSR count). The standard InChI is InChI=1S/C22H17F3N2O2/c1-12-5-3-8-17(13(12)2)26-21(28)14-6-4-7-15(11-14)22(29)27-18-10-9-16(23)19(24)20(18)25/h3-11H,1-2H3,(H,26,28)(H,27,29). The van der Waals surface area contributed by atoms with E-state index < -0.39 is 35.0 Å². The van der Waals surface area contributed by atoms with Crippen molar-refractivity contribution >= 4 is 23.2 Å². The van der Waals surface area contributed by atoms with Gasteiger partial charge >= 0.3 is 0 Å². The molecule has 0 saturated carbocycles. The van der Waals surface area contributed by atoms with Crippen molar-refractivity contribution in [1.29, 1.82) is 0 Å². The first kappa shape index (κ1) is 20.1. The Morgan fingerprint density at radius 1 is 0.724 bits per heavy atom. The van der Waals surface area contributed by atoms with E-state index in [1.807, 2.05) is 26.0 Å². The number of hydrogen-bond acceptors (Lipinski definition) is 2. The molecular formula is C22H17F3N2O2. The Bertz CT molecular complexity index is 1110. The number of amides is 2. The van der Waals surface area contributed by atoms with Crippen molar-refractivity contribution in [3.8, 4) is 0 Å². The van der Waals surface area contributed by atoms with Gasteiger partial charge in [-0.15, -0.1) is 0 Å². The molecule has 0 aliphatic heterocycles. The lowest BCUT2D eigenvalue weighted by Gasteiger charge is -2.11. The molecule has 0 atom stereocenters. The molecule has 4 nitrogen and oxygen atoms in total. The number of anilines is 2. The fourth-order valence-electron chi connectivity index (χ4n) is 2.70. The maximum Gasteiger partial charge on any atom is 0.255 e. The molecule has 0 unspecified atom stereocenters. The monoisotopic (exact) mass is 398 g/mol. The maximum atomic E-state index is 13.8. The van der Waals surface area contributed by atoms with Gasteiger partial charge in [-0.25, -0.2) is 13.2 Å². The average Bonchev–Trinajstić information content (AvgIpc) is 2.72. The molecule has 0 bridgehead atoms. The number of carbonyl (C=O) groups is 2. The van der Waals surface area contributed by atoms with Gasteiger partial charge in [0.05, 0.1) is 5.69 Å². The van der Waals surface area contributed by atoms with Crippen LogP contribution in [-0.4, -0.2) is 11.8 Å². The van der Waals surface area contributed by atoms with E-state index in [-0.39, 0.29) is 11.1 Å². The van der Waals surface area contributed by atoms with Crippen LogP contribution in [0.25, 0.3) is 0 Å². The van der Waals surface area contributed by atoms with Gasteiger partial charge in [0.25, 0.3) is 11.8 Å². The average molecular weight is 398 g/mol. The third-order valence-electron chi connectivity index (χ3n) is 4.52. The van der Waals surface area contributed by atoms with Crippen LogP contribution in [0.5, 0.6) is 0 Å². The third-order valence-corrected chi connectivity index (χ3v) is 4.52. The van der Waals surface area contributed by atoms with Gasteiger partial charge < -0.3 is 10.6 Å². The molecule has 29 heavy (non-hydrogen) atoms. The second-order valence-corrected chi connectivity index (χ2v) is 6.46. The van der Waals surface area contributed by atoms with Crippen molar-refractivity contribution in [2.45, 2.75) is 13.8 Å². The Labute approximate surface area is 165 Å². The zero-order chi connectivity index (χ0) is 21.1. The summed E-state index contributed by atoms with van der Waals surface area (Å²) in [6.45, 7) is 3.80. The van der Waals surface area contributed by atoms with Gasteiger partial charge in [-0.2, -0.15) is 0 Å². The highest BCUT2D eigenvalue weighted by Crippen LogP contribution is 2.21. The van der Waals surface area contributed by atoms with Gasteiger partial charge in [0.2, 0.25) is 0 Å². The van der Waals surface area contributed by atoms with Crippen molar-refractivity contribution in [1.82, 2.24) is 0 Å². The Morgan fingerprint density at radius 3 is 1.97 bits per heavy atom. The summed E-state index contributed by atoms with van der Waals surface area (Å²) in [5, 5.41) is 4.96. The normalized spacial score (nSPS) is 10.5. The minimum atomic E-state index is -1.68. The predicted molar refractivity (Wildman–Crippen MR) is 105 cm³/mol. The maximum absolute atomic E-state index is 13.8. The smallest absolute Gasteiger partial charge is 0.255 e. The van der Waals surface area contributed by atoms with Crippen LogP contribution < -0.4 is 10.6 Å². The number of rotatable bonds is 4. The van der Waals surface area contributed by atoms with Crippen LogP contribution in [-0.2, 0) is 0 Å². The van der Waals surface area contributed by atoms with E-state index in [9.17, 15) is 22.8 Å². The van der Waals surface area contributed by atoms with Gasteiger partial charge in [0.15, 0.2) is 17.5 Å². The first-order valence-corrected chi connectivity index (χ1v) is 8.70. The Kier molecular flexibility index (Phi) is 5.68. The molecule has 0 aliphatic rings. The number of hydrogen-bond donors (Lipinski definition) is 2. The number of benzene rings is 3. The first-order valence-electron chi connectivity index (χ1n) is 8.70.